The summed E-state index contributed by atoms with van der Waals surface area (Å²) in [7, 11) is 0. The van der Waals surface area contributed by atoms with E-state index in [1.165, 1.54) is 0 Å². The molecule has 1 N–H and O–H groups in total. The summed E-state index contributed by atoms with van der Waals surface area (Å²) >= 11 is 0. The number of hydrogen-bond acceptors (Lipinski definition) is 3. The third kappa shape index (κ3) is 2.38. The van der Waals surface area contributed by atoms with Crippen molar-refractivity contribution in [1.29, 1.82) is 0 Å². The zero-order valence-electron chi connectivity index (χ0n) is 13.2. The number of carbonyl (C=O) groups is 2. The molecule has 0 bridgehead atoms. The molecule has 1 aromatic carbocycles. The average Bonchev–Trinajstić information content (AvgIpc) is 3.30. The highest BCUT2D eigenvalue weighted by molar-refractivity contribution is 5.97. The molecular weight excluding hydrogens is 306 g/mol. The number of fused-ring (bicyclic) bond motifs is 1. The van der Waals surface area contributed by atoms with Crippen molar-refractivity contribution >= 4 is 11.9 Å². The number of hydrogen-bond donors (Lipinski definition) is 1. The van der Waals surface area contributed by atoms with E-state index >= 15 is 0 Å². The van der Waals surface area contributed by atoms with E-state index in [9.17, 15) is 14.7 Å². The molecule has 1 aromatic heterocycles. The van der Waals surface area contributed by atoms with Gasteiger partial charge in [-0.05, 0) is 48.9 Å². The molecule has 0 spiro atoms. The number of aliphatic carboxylic acids is 1. The Morgan fingerprint density at radius 2 is 1.96 bits per heavy atom. The normalized spacial score (nSPS) is 25.7. The van der Waals surface area contributed by atoms with Crippen LogP contribution in [0, 0.1) is 11.8 Å². The zero-order valence-corrected chi connectivity index (χ0v) is 13.2. The first-order chi connectivity index (χ1) is 11.6. The van der Waals surface area contributed by atoms with Crippen LogP contribution >= 0.6 is 0 Å². The van der Waals surface area contributed by atoms with Gasteiger partial charge in [-0.15, -0.1) is 0 Å². The van der Waals surface area contributed by atoms with Crippen molar-refractivity contribution in [3.63, 3.8) is 0 Å². The van der Waals surface area contributed by atoms with E-state index in [0.717, 1.165) is 24.9 Å². The third-order valence-electron chi connectivity index (χ3n) is 5.32. The Kier molecular flexibility index (Phi) is 3.59. The van der Waals surface area contributed by atoms with Crippen LogP contribution in [0.3, 0.4) is 0 Å². The summed E-state index contributed by atoms with van der Waals surface area (Å²) in [5, 5.41) is 9.59. The van der Waals surface area contributed by atoms with Crippen molar-refractivity contribution in [3.05, 3.63) is 48.5 Å². The number of carboxylic acids is 1. The standard InChI is InChI=1S/C18H19N3O3/c22-17(12-4-6-14(7-5-12)20-9-8-19-11-20)21-10-13-2-1-3-15(13)16(21)18(23)24/h4-9,11,13,15-16H,1-3,10H2,(H,23,24). The second-order valence-corrected chi connectivity index (χ2v) is 6.61. The lowest BCUT2D eigenvalue weighted by Crippen LogP contribution is -2.43. The Hall–Kier alpha value is -2.63. The lowest BCUT2D eigenvalue weighted by Gasteiger charge is -2.24. The first-order valence-electron chi connectivity index (χ1n) is 8.27. The quantitative estimate of drug-likeness (QED) is 0.938. The van der Waals surface area contributed by atoms with Crippen molar-refractivity contribution < 1.29 is 14.7 Å². The van der Waals surface area contributed by atoms with E-state index in [1.54, 1.807) is 29.6 Å². The number of carbonyl (C=O) groups excluding carboxylic acids is 1. The van der Waals surface area contributed by atoms with Gasteiger partial charge in [0.2, 0.25) is 0 Å². The Balaban J connectivity index is 1.58. The number of amides is 1. The van der Waals surface area contributed by atoms with Crippen LogP contribution in [0.4, 0.5) is 0 Å². The van der Waals surface area contributed by atoms with Crippen LogP contribution in [0.25, 0.3) is 5.69 Å². The Morgan fingerprint density at radius 1 is 1.17 bits per heavy atom. The van der Waals surface area contributed by atoms with E-state index < -0.39 is 12.0 Å². The third-order valence-corrected chi connectivity index (χ3v) is 5.32. The Bertz CT molecular complexity index is 754. The van der Waals surface area contributed by atoms with Crippen LogP contribution in [0.1, 0.15) is 29.6 Å². The fraction of sp³-hybridized carbons (Fsp3) is 0.389. The van der Waals surface area contributed by atoms with Gasteiger partial charge in [0.15, 0.2) is 0 Å². The molecular formula is C18H19N3O3. The summed E-state index contributed by atoms with van der Waals surface area (Å²) in [4.78, 5) is 30.1. The minimum atomic E-state index is -0.882. The van der Waals surface area contributed by atoms with Crippen LogP contribution in [0.5, 0.6) is 0 Å². The molecule has 2 aliphatic rings. The summed E-state index contributed by atoms with van der Waals surface area (Å²) in [6.45, 7) is 0.559. The largest absolute Gasteiger partial charge is 0.480 e. The molecule has 2 heterocycles. The lowest BCUT2D eigenvalue weighted by molar-refractivity contribution is -0.142. The van der Waals surface area contributed by atoms with Crippen molar-refractivity contribution in [3.8, 4) is 5.69 Å². The molecule has 4 rings (SSSR count). The van der Waals surface area contributed by atoms with Gasteiger partial charge in [0.25, 0.3) is 5.91 Å². The number of rotatable bonds is 3. The van der Waals surface area contributed by atoms with E-state index in [4.69, 9.17) is 0 Å². The number of likely N-dealkylation sites (tertiary alicyclic amines) is 1. The average molecular weight is 325 g/mol. The molecule has 24 heavy (non-hydrogen) atoms. The molecule has 6 nitrogen and oxygen atoms in total. The fourth-order valence-corrected chi connectivity index (χ4v) is 4.18. The maximum absolute atomic E-state index is 12.8. The van der Waals surface area contributed by atoms with E-state index in [0.29, 0.717) is 18.0 Å². The second-order valence-electron chi connectivity index (χ2n) is 6.61. The van der Waals surface area contributed by atoms with Crippen molar-refractivity contribution in [2.24, 2.45) is 11.8 Å². The molecule has 1 saturated carbocycles. The molecule has 1 aliphatic heterocycles. The van der Waals surface area contributed by atoms with Gasteiger partial charge in [0.1, 0.15) is 6.04 Å². The van der Waals surface area contributed by atoms with Gasteiger partial charge in [-0.3, -0.25) is 4.79 Å². The van der Waals surface area contributed by atoms with Gasteiger partial charge in [0.05, 0.1) is 6.33 Å². The van der Waals surface area contributed by atoms with Crippen LogP contribution < -0.4 is 0 Å². The van der Waals surface area contributed by atoms with E-state index in [2.05, 4.69) is 4.98 Å². The highest BCUT2D eigenvalue weighted by Gasteiger charge is 2.49. The smallest absolute Gasteiger partial charge is 0.326 e. The van der Waals surface area contributed by atoms with E-state index in [-0.39, 0.29) is 11.8 Å². The predicted molar refractivity (Wildman–Crippen MR) is 86.9 cm³/mol. The van der Waals surface area contributed by atoms with Gasteiger partial charge in [-0.1, -0.05) is 6.42 Å². The maximum atomic E-state index is 12.8. The minimum absolute atomic E-state index is 0.108. The predicted octanol–water partition coefficient (Wildman–Crippen LogP) is 2.20. The summed E-state index contributed by atoms with van der Waals surface area (Å²) in [5.74, 6) is -0.626. The van der Waals surface area contributed by atoms with Crippen LogP contribution in [-0.4, -0.2) is 44.0 Å². The number of nitrogens with zero attached hydrogens (tertiary/aromatic N) is 3. The van der Waals surface area contributed by atoms with E-state index in [1.807, 2.05) is 22.9 Å². The Labute approximate surface area is 139 Å². The van der Waals surface area contributed by atoms with Crippen molar-refractivity contribution in [1.82, 2.24) is 14.5 Å². The van der Waals surface area contributed by atoms with Crippen LogP contribution in [0.2, 0.25) is 0 Å². The number of carboxylic acid groups (broad SMARTS) is 1. The van der Waals surface area contributed by atoms with Crippen LogP contribution in [-0.2, 0) is 4.79 Å². The molecule has 2 fully saturated rings. The van der Waals surface area contributed by atoms with Gasteiger partial charge in [-0.2, -0.15) is 0 Å². The molecule has 0 radical (unpaired) electrons. The van der Waals surface area contributed by atoms with Gasteiger partial charge >= 0.3 is 5.97 Å². The van der Waals surface area contributed by atoms with Crippen molar-refractivity contribution in [2.45, 2.75) is 25.3 Å². The molecule has 1 saturated heterocycles. The lowest BCUT2D eigenvalue weighted by atomic mass is 9.94. The molecule has 1 amide bonds. The summed E-state index contributed by atoms with van der Waals surface area (Å²) < 4.78 is 1.86. The number of imidazole rings is 1. The molecule has 1 aliphatic carbocycles. The van der Waals surface area contributed by atoms with Crippen LogP contribution in [0.15, 0.2) is 43.0 Å². The molecule has 3 unspecified atom stereocenters. The number of aromatic nitrogens is 2. The molecule has 6 heteroatoms. The Morgan fingerprint density at radius 3 is 2.62 bits per heavy atom. The SMILES string of the molecule is O=C(O)C1C2CCCC2CN1C(=O)c1ccc(-n2ccnc2)cc1. The first kappa shape index (κ1) is 14.9. The van der Waals surface area contributed by atoms with Gasteiger partial charge < -0.3 is 14.6 Å². The zero-order chi connectivity index (χ0) is 16.7. The summed E-state index contributed by atoms with van der Waals surface area (Å²) in [5.41, 5.74) is 1.45. The van der Waals surface area contributed by atoms with Gasteiger partial charge in [0, 0.05) is 30.2 Å². The fourth-order valence-electron chi connectivity index (χ4n) is 4.18. The summed E-state index contributed by atoms with van der Waals surface area (Å²) in [6, 6.07) is 6.52. The first-order valence-corrected chi connectivity index (χ1v) is 8.27. The topological polar surface area (TPSA) is 75.4 Å². The highest BCUT2D eigenvalue weighted by atomic mass is 16.4. The monoisotopic (exact) mass is 325 g/mol. The second kappa shape index (κ2) is 5.78. The molecule has 2 aromatic rings. The minimum Gasteiger partial charge on any atom is -0.480 e. The van der Waals surface area contributed by atoms with Gasteiger partial charge in [-0.25, -0.2) is 9.78 Å². The van der Waals surface area contributed by atoms with Crippen molar-refractivity contribution in [2.75, 3.05) is 6.54 Å². The number of benzene rings is 1. The highest BCUT2D eigenvalue weighted by Crippen LogP contribution is 2.42. The molecule has 124 valence electrons. The summed E-state index contributed by atoms with van der Waals surface area (Å²) in [6.07, 6.45) is 8.22. The molecule has 3 atom stereocenters. The maximum Gasteiger partial charge on any atom is 0.326 e.